The van der Waals surface area contributed by atoms with Gasteiger partial charge in [-0.1, -0.05) is 28.1 Å². The van der Waals surface area contributed by atoms with E-state index in [0.717, 1.165) is 15.6 Å². The van der Waals surface area contributed by atoms with Crippen molar-refractivity contribution in [1.29, 1.82) is 0 Å². The largest absolute Gasteiger partial charge is 0.456 e. The van der Waals surface area contributed by atoms with Gasteiger partial charge in [0, 0.05) is 16.6 Å². The Bertz CT molecular complexity index is 732. The topological polar surface area (TPSA) is 55.4 Å². The van der Waals surface area contributed by atoms with Gasteiger partial charge >= 0.3 is 5.97 Å². The third-order valence-electron chi connectivity index (χ3n) is 3.34. The number of halogens is 2. The number of benzene rings is 2. The van der Waals surface area contributed by atoms with E-state index in [4.69, 9.17) is 4.74 Å². The summed E-state index contributed by atoms with van der Waals surface area (Å²) in [5, 5.41) is 2.67. The van der Waals surface area contributed by atoms with Crippen LogP contribution in [0.3, 0.4) is 0 Å². The number of nitrogens with one attached hydrogen (secondary N) is 1. The molecule has 0 saturated heterocycles. The predicted octanol–water partition coefficient (Wildman–Crippen LogP) is 4.01. The molecule has 0 aliphatic carbocycles. The van der Waals surface area contributed by atoms with Crippen LogP contribution in [-0.4, -0.2) is 18.5 Å². The van der Waals surface area contributed by atoms with Gasteiger partial charge in [-0.3, -0.25) is 9.59 Å². The highest BCUT2D eigenvalue weighted by Gasteiger charge is 2.09. The van der Waals surface area contributed by atoms with E-state index in [1.54, 1.807) is 18.2 Å². The zero-order chi connectivity index (χ0) is 17.5. The number of amides is 1. The average molecular weight is 394 g/mol. The smallest absolute Gasteiger partial charge is 0.306 e. The Labute approximate surface area is 148 Å². The normalized spacial score (nSPS) is 10.3. The molecule has 0 atom stereocenters. The maximum absolute atomic E-state index is 12.8. The van der Waals surface area contributed by atoms with Crippen LogP contribution in [-0.2, 0) is 20.7 Å². The monoisotopic (exact) mass is 393 g/mol. The zero-order valence-electron chi connectivity index (χ0n) is 13.1. The summed E-state index contributed by atoms with van der Waals surface area (Å²) in [5.41, 5.74) is 2.47. The van der Waals surface area contributed by atoms with E-state index in [2.05, 4.69) is 21.2 Å². The van der Waals surface area contributed by atoms with Crippen molar-refractivity contribution in [3.63, 3.8) is 0 Å². The number of anilines is 1. The molecular formula is C18H17BrFNO3. The van der Waals surface area contributed by atoms with Crippen LogP contribution in [0.5, 0.6) is 0 Å². The first-order valence-electron chi connectivity index (χ1n) is 7.40. The van der Waals surface area contributed by atoms with Gasteiger partial charge in [-0.15, -0.1) is 0 Å². The quantitative estimate of drug-likeness (QED) is 0.754. The molecule has 0 heterocycles. The molecule has 0 aliphatic heterocycles. The standard InChI is InChI=1S/C18H17BrFNO3/c1-12-10-15(7-8-16(12)19)21-17(22)11-24-18(23)9-4-13-2-5-14(20)6-3-13/h2-3,5-8,10H,4,9,11H2,1H3,(H,21,22). The molecule has 6 heteroatoms. The Hall–Kier alpha value is -2.21. The van der Waals surface area contributed by atoms with Crippen molar-refractivity contribution >= 4 is 33.5 Å². The number of aryl methyl sites for hydroxylation is 2. The molecule has 2 aromatic rings. The fraction of sp³-hybridized carbons (Fsp3) is 0.222. The average Bonchev–Trinajstić information content (AvgIpc) is 2.56. The van der Waals surface area contributed by atoms with E-state index in [1.165, 1.54) is 12.1 Å². The van der Waals surface area contributed by atoms with Crippen LogP contribution < -0.4 is 5.32 Å². The third kappa shape index (κ3) is 5.77. The minimum Gasteiger partial charge on any atom is -0.456 e. The van der Waals surface area contributed by atoms with Gasteiger partial charge < -0.3 is 10.1 Å². The molecule has 0 spiro atoms. The van der Waals surface area contributed by atoms with Crippen LogP contribution in [0, 0.1) is 12.7 Å². The number of carbonyl (C=O) groups is 2. The second-order valence-corrected chi connectivity index (χ2v) is 6.15. The van der Waals surface area contributed by atoms with E-state index >= 15 is 0 Å². The number of carbonyl (C=O) groups excluding carboxylic acids is 2. The summed E-state index contributed by atoms with van der Waals surface area (Å²) in [4.78, 5) is 23.4. The first-order chi connectivity index (χ1) is 11.4. The Morgan fingerprint density at radius 3 is 2.54 bits per heavy atom. The maximum atomic E-state index is 12.8. The molecule has 126 valence electrons. The van der Waals surface area contributed by atoms with Gasteiger partial charge in [-0.05, 0) is 54.8 Å². The summed E-state index contributed by atoms with van der Waals surface area (Å²) in [7, 11) is 0. The second kappa shape index (κ2) is 8.59. The fourth-order valence-electron chi connectivity index (χ4n) is 2.04. The predicted molar refractivity (Wildman–Crippen MR) is 93.2 cm³/mol. The lowest BCUT2D eigenvalue weighted by Crippen LogP contribution is -2.21. The van der Waals surface area contributed by atoms with Crippen molar-refractivity contribution in [1.82, 2.24) is 0 Å². The van der Waals surface area contributed by atoms with Crippen LogP contribution in [0.1, 0.15) is 17.5 Å². The summed E-state index contributed by atoms with van der Waals surface area (Å²) >= 11 is 3.38. The van der Waals surface area contributed by atoms with Gasteiger partial charge in [0.15, 0.2) is 6.61 Å². The van der Waals surface area contributed by atoms with Crippen LogP contribution in [0.2, 0.25) is 0 Å². The van der Waals surface area contributed by atoms with E-state index in [9.17, 15) is 14.0 Å². The van der Waals surface area contributed by atoms with Crippen molar-refractivity contribution in [2.24, 2.45) is 0 Å². The number of rotatable bonds is 6. The highest BCUT2D eigenvalue weighted by molar-refractivity contribution is 9.10. The minimum atomic E-state index is -0.471. The summed E-state index contributed by atoms with van der Waals surface area (Å²) in [6, 6.07) is 11.3. The Morgan fingerprint density at radius 1 is 1.17 bits per heavy atom. The summed E-state index contributed by atoms with van der Waals surface area (Å²) < 4.78 is 18.7. The van der Waals surface area contributed by atoms with Crippen molar-refractivity contribution in [3.8, 4) is 0 Å². The SMILES string of the molecule is Cc1cc(NC(=O)COC(=O)CCc2ccc(F)cc2)ccc1Br. The van der Waals surface area contributed by atoms with E-state index in [1.807, 2.05) is 19.1 Å². The molecule has 1 N–H and O–H groups in total. The van der Waals surface area contributed by atoms with Crippen LogP contribution in [0.4, 0.5) is 10.1 Å². The molecule has 4 nitrogen and oxygen atoms in total. The van der Waals surface area contributed by atoms with Crippen LogP contribution in [0.25, 0.3) is 0 Å². The van der Waals surface area contributed by atoms with Crippen molar-refractivity contribution < 1.29 is 18.7 Å². The highest BCUT2D eigenvalue weighted by Crippen LogP contribution is 2.19. The molecule has 1 amide bonds. The zero-order valence-corrected chi connectivity index (χ0v) is 14.7. The Morgan fingerprint density at radius 2 is 1.88 bits per heavy atom. The lowest BCUT2D eigenvalue weighted by atomic mass is 10.1. The van der Waals surface area contributed by atoms with Gasteiger partial charge in [-0.2, -0.15) is 0 Å². The lowest BCUT2D eigenvalue weighted by molar-refractivity contribution is -0.147. The third-order valence-corrected chi connectivity index (χ3v) is 4.23. The molecule has 0 aromatic heterocycles. The summed E-state index contributed by atoms with van der Waals surface area (Å²) in [6.45, 7) is 1.58. The van der Waals surface area contributed by atoms with Crippen molar-refractivity contribution in [2.75, 3.05) is 11.9 Å². The molecule has 0 bridgehead atoms. The molecule has 0 radical (unpaired) electrons. The lowest BCUT2D eigenvalue weighted by Gasteiger charge is -2.08. The first-order valence-corrected chi connectivity index (χ1v) is 8.19. The van der Waals surface area contributed by atoms with Gasteiger partial charge in [0.2, 0.25) is 0 Å². The number of ether oxygens (including phenoxy) is 1. The van der Waals surface area contributed by atoms with E-state index in [-0.39, 0.29) is 18.8 Å². The molecule has 2 rings (SSSR count). The number of hydrogen-bond donors (Lipinski definition) is 1. The Kier molecular flexibility index (Phi) is 6.49. The molecule has 0 saturated carbocycles. The van der Waals surface area contributed by atoms with Gasteiger partial charge in [0.25, 0.3) is 5.91 Å². The molecule has 0 fully saturated rings. The van der Waals surface area contributed by atoms with Crippen molar-refractivity contribution in [3.05, 3.63) is 63.9 Å². The summed E-state index contributed by atoms with van der Waals surface area (Å²) in [5.74, 6) is -1.19. The van der Waals surface area contributed by atoms with Gasteiger partial charge in [-0.25, -0.2) is 4.39 Å². The molecule has 24 heavy (non-hydrogen) atoms. The minimum absolute atomic E-state index is 0.135. The van der Waals surface area contributed by atoms with E-state index < -0.39 is 11.9 Å². The maximum Gasteiger partial charge on any atom is 0.306 e. The molecule has 0 unspecified atom stereocenters. The molecule has 2 aromatic carbocycles. The van der Waals surface area contributed by atoms with Crippen molar-refractivity contribution in [2.45, 2.75) is 19.8 Å². The molecular weight excluding hydrogens is 377 g/mol. The molecule has 0 aliphatic rings. The summed E-state index contributed by atoms with van der Waals surface area (Å²) in [6.07, 6.45) is 0.572. The Balaban J connectivity index is 1.73. The van der Waals surface area contributed by atoms with Gasteiger partial charge in [0.1, 0.15) is 5.82 Å². The van der Waals surface area contributed by atoms with E-state index in [0.29, 0.717) is 12.1 Å². The fourth-order valence-corrected chi connectivity index (χ4v) is 2.28. The second-order valence-electron chi connectivity index (χ2n) is 5.30. The first kappa shape index (κ1) is 18.1. The highest BCUT2D eigenvalue weighted by atomic mass is 79.9. The number of esters is 1. The van der Waals surface area contributed by atoms with Gasteiger partial charge in [0.05, 0.1) is 0 Å². The van der Waals surface area contributed by atoms with Crippen LogP contribution in [0.15, 0.2) is 46.9 Å². The van der Waals surface area contributed by atoms with Crippen LogP contribution >= 0.6 is 15.9 Å². The number of hydrogen-bond acceptors (Lipinski definition) is 3.